The highest BCUT2D eigenvalue weighted by atomic mass is 16.5. The van der Waals surface area contributed by atoms with Gasteiger partial charge < -0.3 is 18.9 Å². The van der Waals surface area contributed by atoms with E-state index < -0.39 is 0 Å². The molecule has 2 aliphatic rings. The van der Waals surface area contributed by atoms with Gasteiger partial charge in [-0.1, -0.05) is 0 Å². The first-order chi connectivity index (χ1) is 16.1. The van der Waals surface area contributed by atoms with Crippen molar-refractivity contribution in [2.75, 3.05) is 21.0 Å². The monoisotopic (exact) mass is 444 g/mol. The summed E-state index contributed by atoms with van der Waals surface area (Å²) in [5.74, 6) is 2.72. The van der Waals surface area contributed by atoms with Gasteiger partial charge >= 0.3 is 0 Å². The van der Waals surface area contributed by atoms with E-state index in [1.165, 1.54) is 0 Å². The average Bonchev–Trinajstić information content (AvgIpc) is 3.15. The summed E-state index contributed by atoms with van der Waals surface area (Å²) in [6.45, 7) is 3.82. The second-order valence-electron chi connectivity index (χ2n) is 8.03. The third kappa shape index (κ3) is 3.91. The predicted octanol–water partition coefficient (Wildman–Crippen LogP) is 4.38. The second kappa shape index (κ2) is 8.60. The van der Waals surface area contributed by atoms with Crippen molar-refractivity contribution in [1.82, 2.24) is 9.88 Å². The number of allylic oxidation sites excluding steroid dienone is 1. The Morgan fingerprint density at radius 2 is 1.91 bits per heavy atom. The van der Waals surface area contributed by atoms with Crippen LogP contribution in [-0.2, 0) is 13.1 Å². The number of aromatic nitrogens is 1. The van der Waals surface area contributed by atoms with Crippen molar-refractivity contribution in [2.24, 2.45) is 0 Å². The molecule has 0 N–H and O–H groups in total. The van der Waals surface area contributed by atoms with Crippen molar-refractivity contribution in [3.05, 3.63) is 82.4 Å². The molecule has 2 aliphatic heterocycles. The minimum Gasteiger partial charge on any atom is -0.497 e. The van der Waals surface area contributed by atoms with Gasteiger partial charge in [-0.25, -0.2) is 0 Å². The summed E-state index contributed by atoms with van der Waals surface area (Å²) in [6.07, 6.45) is 5.27. The Hall–Kier alpha value is -3.84. The zero-order valence-electron chi connectivity index (χ0n) is 18.8. The number of carbonyl (C=O) groups excluding carboxylic acids is 1. The lowest BCUT2D eigenvalue weighted by atomic mass is 9.99. The Labute approximate surface area is 192 Å². The molecular weight excluding hydrogens is 420 g/mol. The Morgan fingerprint density at radius 1 is 1.09 bits per heavy atom. The topological polar surface area (TPSA) is 70.1 Å². The van der Waals surface area contributed by atoms with Gasteiger partial charge in [-0.15, -0.1) is 0 Å². The molecule has 0 unspecified atom stereocenters. The van der Waals surface area contributed by atoms with E-state index in [9.17, 15) is 4.79 Å². The summed E-state index contributed by atoms with van der Waals surface area (Å²) in [5.41, 5.74) is 4.26. The van der Waals surface area contributed by atoms with Crippen molar-refractivity contribution in [3.63, 3.8) is 0 Å². The van der Waals surface area contributed by atoms with Crippen LogP contribution in [0.1, 0.15) is 32.6 Å². The van der Waals surface area contributed by atoms with Gasteiger partial charge in [0.25, 0.3) is 0 Å². The highest BCUT2D eigenvalue weighted by Crippen LogP contribution is 2.43. The number of methoxy groups -OCH3 is 2. The van der Waals surface area contributed by atoms with Crippen LogP contribution in [-0.4, -0.2) is 36.6 Å². The lowest BCUT2D eigenvalue weighted by Crippen LogP contribution is -2.32. The van der Waals surface area contributed by atoms with Crippen LogP contribution in [0.5, 0.6) is 23.0 Å². The smallest absolute Gasteiger partial charge is 0.231 e. The molecule has 0 fully saturated rings. The second-order valence-corrected chi connectivity index (χ2v) is 8.03. The molecule has 3 heterocycles. The first-order valence-corrected chi connectivity index (χ1v) is 10.6. The van der Waals surface area contributed by atoms with Gasteiger partial charge in [-0.2, -0.15) is 0 Å². The molecule has 33 heavy (non-hydrogen) atoms. The molecule has 0 amide bonds. The molecular formula is C26H24N2O5. The first-order valence-electron chi connectivity index (χ1n) is 10.6. The lowest BCUT2D eigenvalue weighted by Gasteiger charge is -2.30. The van der Waals surface area contributed by atoms with Crippen LogP contribution in [0, 0.1) is 6.92 Å². The van der Waals surface area contributed by atoms with E-state index in [1.54, 1.807) is 38.8 Å². The Morgan fingerprint density at radius 3 is 2.67 bits per heavy atom. The molecule has 0 spiro atoms. The number of rotatable bonds is 5. The molecule has 7 heteroatoms. The summed E-state index contributed by atoms with van der Waals surface area (Å²) in [7, 11) is 3.17. The molecule has 0 saturated carbocycles. The molecule has 168 valence electrons. The Bertz CT molecular complexity index is 1250. The maximum Gasteiger partial charge on any atom is 0.231 e. The van der Waals surface area contributed by atoms with Gasteiger partial charge in [0.2, 0.25) is 5.78 Å². The molecule has 3 aromatic rings. The number of fused-ring (bicyclic) bond motifs is 2. The van der Waals surface area contributed by atoms with E-state index in [0.29, 0.717) is 36.1 Å². The average molecular weight is 444 g/mol. The largest absolute Gasteiger partial charge is 0.497 e. The molecule has 1 aromatic heterocycles. The van der Waals surface area contributed by atoms with E-state index in [-0.39, 0.29) is 11.5 Å². The quantitative estimate of drug-likeness (QED) is 0.541. The molecule has 0 saturated heterocycles. The van der Waals surface area contributed by atoms with E-state index in [0.717, 1.165) is 34.5 Å². The number of pyridine rings is 1. The van der Waals surface area contributed by atoms with Crippen molar-refractivity contribution in [3.8, 4) is 23.0 Å². The van der Waals surface area contributed by atoms with Gasteiger partial charge in [-0.3, -0.25) is 14.7 Å². The van der Waals surface area contributed by atoms with E-state index in [4.69, 9.17) is 18.9 Å². The van der Waals surface area contributed by atoms with Crippen LogP contribution in [0.25, 0.3) is 6.08 Å². The first kappa shape index (κ1) is 21.0. The van der Waals surface area contributed by atoms with Crippen molar-refractivity contribution in [1.29, 1.82) is 0 Å². The van der Waals surface area contributed by atoms with Crippen LogP contribution < -0.4 is 18.9 Å². The van der Waals surface area contributed by atoms with E-state index >= 15 is 0 Å². The highest BCUT2D eigenvalue weighted by Gasteiger charge is 2.33. The molecule has 0 aliphatic carbocycles. The summed E-state index contributed by atoms with van der Waals surface area (Å²) < 4.78 is 22.8. The van der Waals surface area contributed by atoms with Crippen LogP contribution in [0.4, 0.5) is 0 Å². The van der Waals surface area contributed by atoms with Gasteiger partial charge in [0.1, 0.15) is 29.7 Å². The fraction of sp³-hybridized carbons (Fsp3) is 0.231. The predicted molar refractivity (Wildman–Crippen MR) is 123 cm³/mol. The Kier molecular flexibility index (Phi) is 5.48. The number of carbonyl (C=O) groups is 1. The number of benzene rings is 2. The summed E-state index contributed by atoms with van der Waals surface area (Å²) >= 11 is 0. The number of hydrogen-bond donors (Lipinski definition) is 0. The number of nitrogens with zero attached hydrogens (tertiary/aromatic N) is 2. The number of hydrogen-bond acceptors (Lipinski definition) is 7. The van der Waals surface area contributed by atoms with Crippen molar-refractivity contribution >= 4 is 11.9 Å². The van der Waals surface area contributed by atoms with Gasteiger partial charge in [0, 0.05) is 48.2 Å². The molecule has 0 radical (unpaired) electrons. The summed E-state index contributed by atoms with van der Waals surface area (Å²) in [6, 6.07) is 11.3. The fourth-order valence-electron chi connectivity index (χ4n) is 4.22. The lowest BCUT2D eigenvalue weighted by molar-refractivity contribution is 0.0876. The highest BCUT2D eigenvalue weighted by molar-refractivity contribution is 6.15. The third-order valence-corrected chi connectivity index (χ3v) is 5.88. The fourth-order valence-corrected chi connectivity index (χ4v) is 4.22. The van der Waals surface area contributed by atoms with Crippen LogP contribution in [0.2, 0.25) is 0 Å². The maximum absolute atomic E-state index is 13.2. The van der Waals surface area contributed by atoms with Crippen molar-refractivity contribution in [2.45, 2.75) is 20.0 Å². The van der Waals surface area contributed by atoms with E-state index in [1.807, 2.05) is 37.3 Å². The SMILES string of the molecule is COc1ccc(C=C2Oc3c(cc4c(c3C)OCN(Cc3ccncc3)C4)C2=O)c(OC)c1. The molecule has 5 rings (SSSR count). The normalized spacial score (nSPS) is 16.1. The zero-order chi connectivity index (χ0) is 22.9. The molecule has 0 atom stereocenters. The molecule has 0 bridgehead atoms. The zero-order valence-corrected chi connectivity index (χ0v) is 18.8. The third-order valence-electron chi connectivity index (χ3n) is 5.88. The van der Waals surface area contributed by atoms with Crippen molar-refractivity contribution < 1.29 is 23.7 Å². The van der Waals surface area contributed by atoms with Crippen LogP contribution in [0.15, 0.2) is 54.6 Å². The van der Waals surface area contributed by atoms with Crippen LogP contribution in [0.3, 0.4) is 0 Å². The standard InChI is InChI=1S/C26H24N2O5/c1-16-25-19(14-28(15-32-25)13-17-6-8-27-9-7-17)10-21-24(29)23(33-26(16)21)11-18-4-5-20(30-2)12-22(18)31-3/h4-12H,13-15H2,1-3H3. The molecule has 2 aromatic carbocycles. The van der Waals surface area contributed by atoms with Crippen LogP contribution >= 0.6 is 0 Å². The van der Waals surface area contributed by atoms with E-state index in [2.05, 4.69) is 9.88 Å². The summed E-state index contributed by atoms with van der Waals surface area (Å²) in [4.78, 5) is 19.5. The number of ketones is 1. The number of ether oxygens (including phenoxy) is 4. The van der Waals surface area contributed by atoms with Gasteiger partial charge in [-0.05, 0) is 48.9 Å². The van der Waals surface area contributed by atoms with Gasteiger partial charge in [0.05, 0.1) is 19.8 Å². The minimum atomic E-state index is -0.153. The minimum absolute atomic E-state index is 0.153. The maximum atomic E-state index is 13.2. The molecule has 7 nitrogen and oxygen atoms in total. The number of Topliss-reactive ketones (excluding diaryl/α,β-unsaturated/α-hetero) is 1. The Balaban J connectivity index is 1.43. The van der Waals surface area contributed by atoms with Gasteiger partial charge in [0.15, 0.2) is 5.76 Å². The summed E-state index contributed by atoms with van der Waals surface area (Å²) in [5, 5.41) is 0.